The Labute approximate surface area is 83.8 Å². The third-order valence-corrected chi connectivity index (χ3v) is 1.08. The van der Waals surface area contributed by atoms with Crippen molar-refractivity contribution in [1.29, 1.82) is 0 Å². The van der Waals surface area contributed by atoms with Crippen molar-refractivity contribution in [3.8, 4) is 0 Å². The average molecular weight is 222 g/mol. The zero-order chi connectivity index (χ0) is 5.98. The molecule has 68 valence electrons. The number of aromatic amines is 1. The number of H-pyrrole nitrogens is 1. The van der Waals surface area contributed by atoms with Crippen molar-refractivity contribution in [2.24, 2.45) is 0 Å². The van der Waals surface area contributed by atoms with E-state index in [1.165, 1.54) is 0 Å². The minimum atomic E-state index is 0. The van der Waals surface area contributed by atoms with E-state index >= 15 is 0 Å². The number of aliphatic hydroxyl groups is 1. The molecule has 0 amide bonds. The molecule has 3 nitrogen and oxygen atoms in total. The summed E-state index contributed by atoms with van der Waals surface area (Å²) in [6, 6.07) is 0. The van der Waals surface area contributed by atoms with E-state index in [-0.39, 0.29) is 43.8 Å². The van der Waals surface area contributed by atoms with Crippen LogP contribution in [-0.2, 0) is 6.61 Å². The van der Waals surface area contributed by atoms with Gasteiger partial charge in [-0.25, -0.2) is 4.98 Å². The van der Waals surface area contributed by atoms with Crippen LogP contribution in [-0.4, -0.2) is 15.1 Å². The van der Waals surface area contributed by atoms with Gasteiger partial charge >= 0.3 is 0 Å². The Morgan fingerprint density at radius 3 is 2.18 bits per heavy atom. The molecular formula is C5H11Cl3N2O. The predicted octanol–water partition coefficient (Wildman–Crippen LogP) is 1.48. The number of aliphatic hydroxyl groups excluding tert-OH is 1. The van der Waals surface area contributed by atoms with Crippen LogP contribution < -0.4 is 0 Å². The maximum atomic E-state index is 8.52. The summed E-state index contributed by atoms with van der Waals surface area (Å²) in [7, 11) is 0. The Hall–Kier alpha value is 0.0400. The van der Waals surface area contributed by atoms with E-state index in [9.17, 15) is 0 Å². The van der Waals surface area contributed by atoms with Gasteiger partial charge in [-0.3, -0.25) is 0 Å². The lowest BCUT2D eigenvalue weighted by Gasteiger charge is -1.85. The fourth-order valence-electron chi connectivity index (χ4n) is 0.547. The topological polar surface area (TPSA) is 48.9 Å². The molecular weight excluding hydrogens is 210 g/mol. The SMILES string of the molecule is Cc1[nH]cnc1CO.Cl.Cl.Cl. The first-order chi connectivity index (χ1) is 3.84. The summed E-state index contributed by atoms with van der Waals surface area (Å²) in [5.41, 5.74) is 1.66. The van der Waals surface area contributed by atoms with Crippen LogP contribution in [0.1, 0.15) is 11.4 Å². The molecule has 0 aromatic carbocycles. The Morgan fingerprint density at radius 2 is 2.00 bits per heavy atom. The molecule has 6 heteroatoms. The number of nitrogens with one attached hydrogen (secondary N) is 1. The number of hydrogen-bond donors (Lipinski definition) is 2. The van der Waals surface area contributed by atoms with E-state index < -0.39 is 0 Å². The van der Waals surface area contributed by atoms with Crippen LogP contribution >= 0.6 is 37.2 Å². The van der Waals surface area contributed by atoms with Gasteiger partial charge in [-0.1, -0.05) is 0 Å². The fraction of sp³-hybridized carbons (Fsp3) is 0.400. The maximum Gasteiger partial charge on any atom is 0.0926 e. The Balaban J connectivity index is -0.000000213. The quantitative estimate of drug-likeness (QED) is 0.755. The number of nitrogens with zero attached hydrogens (tertiary/aromatic N) is 1. The number of aromatic nitrogens is 2. The first-order valence-electron chi connectivity index (χ1n) is 2.44. The van der Waals surface area contributed by atoms with Crippen LogP contribution in [0, 0.1) is 6.92 Å². The average Bonchev–Trinajstić information content (AvgIpc) is 2.14. The van der Waals surface area contributed by atoms with Crippen molar-refractivity contribution in [3.05, 3.63) is 17.7 Å². The molecule has 0 atom stereocenters. The summed E-state index contributed by atoms with van der Waals surface area (Å²) in [6.07, 6.45) is 1.57. The Bertz CT molecular complexity index is 180. The molecule has 0 aliphatic carbocycles. The summed E-state index contributed by atoms with van der Waals surface area (Å²) in [5, 5.41) is 8.52. The van der Waals surface area contributed by atoms with E-state index in [1.54, 1.807) is 6.33 Å². The maximum absolute atomic E-state index is 8.52. The van der Waals surface area contributed by atoms with Gasteiger partial charge in [0.2, 0.25) is 0 Å². The highest BCUT2D eigenvalue weighted by Gasteiger charge is 1.94. The Kier molecular flexibility index (Phi) is 12.7. The summed E-state index contributed by atoms with van der Waals surface area (Å²) in [5.74, 6) is 0. The zero-order valence-electron chi connectivity index (χ0n) is 5.90. The molecule has 11 heavy (non-hydrogen) atoms. The lowest BCUT2D eigenvalue weighted by Crippen LogP contribution is -1.84. The van der Waals surface area contributed by atoms with Crippen molar-refractivity contribution in [3.63, 3.8) is 0 Å². The summed E-state index contributed by atoms with van der Waals surface area (Å²) in [6.45, 7) is 1.90. The van der Waals surface area contributed by atoms with Crippen LogP contribution in [0.3, 0.4) is 0 Å². The Morgan fingerprint density at radius 1 is 1.45 bits per heavy atom. The first-order valence-corrected chi connectivity index (χ1v) is 2.44. The van der Waals surface area contributed by atoms with Gasteiger partial charge in [-0.05, 0) is 6.92 Å². The van der Waals surface area contributed by atoms with Gasteiger partial charge in [0.1, 0.15) is 0 Å². The second-order valence-electron chi connectivity index (χ2n) is 1.63. The molecule has 2 N–H and O–H groups in total. The van der Waals surface area contributed by atoms with Crippen LogP contribution in [0.25, 0.3) is 0 Å². The second kappa shape index (κ2) is 8.14. The van der Waals surface area contributed by atoms with Gasteiger partial charge in [-0.15, -0.1) is 37.2 Å². The van der Waals surface area contributed by atoms with Crippen molar-refractivity contribution in [1.82, 2.24) is 9.97 Å². The molecule has 0 saturated heterocycles. The van der Waals surface area contributed by atoms with Crippen molar-refractivity contribution >= 4 is 37.2 Å². The molecule has 0 radical (unpaired) electrons. The lowest BCUT2D eigenvalue weighted by molar-refractivity contribution is 0.276. The fourth-order valence-corrected chi connectivity index (χ4v) is 0.547. The van der Waals surface area contributed by atoms with E-state index in [0.717, 1.165) is 11.4 Å². The second-order valence-corrected chi connectivity index (χ2v) is 1.63. The lowest BCUT2D eigenvalue weighted by atomic mass is 10.4. The summed E-state index contributed by atoms with van der Waals surface area (Å²) in [4.78, 5) is 6.68. The third kappa shape index (κ3) is 4.48. The monoisotopic (exact) mass is 220 g/mol. The van der Waals surface area contributed by atoms with Gasteiger partial charge in [0.05, 0.1) is 18.6 Å². The molecule has 0 saturated carbocycles. The normalized spacial score (nSPS) is 7.09. The molecule has 0 aliphatic heterocycles. The molecule has 1 aromatic heterocycles. The van der Waals surface area contributed by atoms with Gasteiger partial charge in [-0.2, -0.15) is 0 Å². The molecule has 0 aliphatic rings. The molecule has 0 bridgehead atoms. The standard InChI is InChI=1S/C5H8N2O.3ClH/c1-4-5(2-8)7-3-6-4;;;/h3,8H,2H2,1H3,(H,6,7);3*1H. The highest BCUT2D eigenvalue weighted by molar-refractivity contribution is 5.86. The van der Waals surface area contributed by atoms with Crippen molar-refractivity contribution < 1.29 is 5.11 Å². The van der Waals surface area contributed by atoms with Crippen LogP contribution in [0.15, 0.2) is 6.33 Å². The molecule has 0 fully saturated rings. The highest BCUT2D eigenvalue weighted by atomic mass is 35.5. The molecule has 1 aromatic rings. The van der Waals surface area contributed by atoms with Crippen LogP contribution in [0.2, 0.25) is 0 Å². The van der Waals surface area contributed by atoms with Gasteiger partial charge in [0.25, 0.3) is 0 Å². The number of imidazole rings is 1. The molecule has 0 spiro atoms. The largest absolute Gasteiger partial charge is 0.390 e. The molecule has 1 rings (SSSR count). The number of rotatable bonds is 1. The minimum absolute atomic E-state index is 0. The van der Waals surface area contributed by atoms with Crippen LogP contribution in [0.5, 0.6) is 0 Å². The van der Waals surface area contributed by atoms with Gasteiger partial charge < -0.3 is 10.1 Å². The van der Waals surface area contributed by atoms with Crippen molar-refractivity contribution in [2.75, 3.05) is 0 Å². The number of hydrogen-bond acceptors (Lipinski definition) is 2. The third-order valence-electron chi connectivity index (χ3n) is 1.08. The summed E-state index contributed by atoms with van der Waals surface area (Å²) >= 11 is 0. The van der Waals surface area contributed by atoms with Crippen LogP contribution in [0.4, 0.5) is 0 Å². The predicted molar refractivity (Wildman–Crippen MR) is 51.0 cm³/mol. The number of halogens is 3. The summed E-state index contributed by atoms with van der Waals surface area (Å²) < 4.78 is 0. The highest BCUT2D eigenvalue weighted by Crippen LogP contribution is 1.97. The van der Waals surface area contributed by atoms with E-state index in [1.807, 2.05) is 6.92 Å². The minimum Gasteiger partial charge on any atom is -0.390 e. The van der Waals surface area contributed by atoms with Gasteiger partial charge in [0, 0.05) is 5.69 Å². The molecule has 0 unspecified atom stereocenters. The first kappa shape index (κ1) is 17.2. The van der Waals surface area contributed by atoms with E-state index in [2.05, 4.69) is 9.97 Å². The number of aryl methyl sites for hydroxylation is 1. The smallest absolute Gasteiger partial charge is 0.0926 e. The zero-order valence-corrected chi connectivity index (χ0v) is 8.35. The molecule has 1 heterocycles. The van der Waals surface area contributed by atoms with Gasteiger partial charge in [0.15, 0.2) is 0 Å². The van der Waals surface area contributed by atoms with E-state index in [4.69, 9.17) is 5.11 Å². The van der Waals surface area contributed by atoms with E-state index in [0.29, 0.717) is 0 Å². The van der Waals surface area contributed by atoms with Crippen molar-refractivity contribution in [2.45, 2.75) is 13.5 Å².